The molecule has 0 radical (unpaired) electrons. The van der Waals surface area contributed by atoms with Crippen LogP contribution in [-0.4, -0.2) is 9.78 Å². The van der Waals surface area contributed by atoms with Crippen molar-refractivity contribution in [3.63, 3.8) is 0 Å². The van der Waals surface area contributed by atoms with E-state index >= 15 is 0 Å². The van der Waals surface area contributed by atoms with Gasteiger partial charge in [-0.1, -0.05) is 19.9 Å². The van der Waals surface area contributed by atoms with Crippen molar-refractivity contribution in [2.45, 2.75) is 20.8 Å². The van der Waals surface area contributed by atoms with Crippen molar-refractivity contribution in [3.8, 4) is 0 Å². The zero-order valence-corrected chi connectivity index (χ0v) is 7.28. The van der Waals surface area contributed by atoms with Crippen molar-refractivity contribution in [3.05, 3.63) is 24.5 Å². The molecule has 0 spiro atoms. The quantitative estimate of drug-likeness (QED) is 0.633. The van der Waals surface area contributed by atoms with Crippen molar-refractivity contribution in [2.24, 2.45) is 5.92 Å². The van der Waals surface area contributed by atoms with Gasteiger partial charge in [0.05, 0.1) is 0 Å². The molecular formula is C9H14N2. The molecule has 0 fully saturated rings. The summed E-state index contributed by atoms with van der Waals surface area (Å²) >= 11 is 0. The maximum Gasteiger partial charge on any atom is 0.0493 e. The van der Waals surface area contributed by atoms with E-state index in [1.54, 1.807) is 6.20 Å². The van der Waals surface area contributed by atoms with Gasteiger partial charge in [-0.05, 0) is 18.9 Å². The van der Waals surface area contributed by atoms with Gasteiger partial charge in [-0.25, -0.2) is 4.68 Å². The van der Waals surface area contributed by atoms with E-state index in [2.05, 4.69) is 31.9 Å². The molecule has 2 heteroatoms. The third kappa shape index (κ3) is 2.22. The molecule has 0 aliphatic carbocycles. The van der Waals surface area contributed by atoms with Gasteiger partial charge in [0, 0.05) is 18.1 Å². The predicted octanol–water partition coefficient (Wildman–Crippen LogP) is 2.40. The van der Waals surface area contributed by atoms with Gasteiger partial charge in [0.1, 0.15) is 0 Å². The van der Waals surface area contributed by atoms with Crippen LogP contribution in [0.3, 0.4) is 0 Å². The zero-order valence-electron chi connectivity index (χ0n) is 7.28. The summed E-state index contributed by atoms with van der Waals surface area (Å²) in [4.78, 5) is 0. The third-order valence-corrected chi connectivity index (χ3v) is 1.44. The van der Waals surface area contributed by atoms with Crippen LogP contribution in [0.25, 0.3) is 5.70 Å². The summed E-state index contributed by atoms with van der Waals surface area (Å²) in [6, 6.07) is 1.93. The summed E-state index contributed by atoms with van der Waals surface area (Å²) in [6.07, 6.45) is 5.93. The van der Waals surface area contributed by atoms with Crippen molar-refractivity contribution in [1.29, 1.82) is 0 Å². The molecule has 1 aromatic rings. The summed E-state index contributed by atoms with van der Waals surface area (Å²) in [5.74, 6) is 0.583. The monoisotopic (exact) mass is 150 g/mol. The Hall–Kier alpha value is -1.05. The van der Waals surface area contributed by atoms with E-state index < -0.39 is 0 Å². The van der Waals surface area contributed by atoms with Gasteiger partial charge in [-0.15, -0.1) is 0 Å². The second-order valence-electron chi connectivity index (χ2n) is 3.00. The highest BCUT2D eigenvalue weighted by atomic mass is 15.3. The van der Waals surface area contributed by atoms with Crippen LogP contribution < -0.4 is 0 Å². The standard InChI is InChI=1S/C9H14N2/c1-8(2)7-9(3)11-6-4-5-10-11/h4-8H,1-3H3. The van der Waals surface area contributed by atoms with Crippen molar-refractivity contribution >= 4 is 5.70 Å². The minimum absolute atomic E-state index is 0.583. The Morgan fingerprint density at radius 1 is 1.55 bits per heavy atom. The lowest BCUT2D eigenvalue weighted by molar-refractivity contribution is 0.808. The van der Waals surface area contributed by atoms with Crippen LogP contribution >= 0.6 is 0 Å². The second kappa shape index (κ2) is 3.37. The molecule has 0 N–H and O–H groups in total. The van der Waals surface area contributed by atoms with E-state index in [0.717, 1.165) is 0 Å². The Kier molecular flexibility index (Phi) is 2.47. The number of hydrogen-bond acceptors (Lipinski definition) is 1. The average Bonchev–Trinajstić information content (AvgIpc) is 2.35. The fourth-order valence-corrected chi connectivity index (χ4v) is 1.04. The molecular weight excluding hydrogens is 136 g/mol. The van der Waals surface area contributed by atoms with E-state index in [-0.39, 0.29) is 0 Å². The molecule has 0 unspecified atom stereocenters. The van der Waals surface area contributed by atoms with Gasteiger partial charge in [-0.2, -0.15) is 5.10 Å². The van der Waals surface area contributed by atoms with Crippen LogP contribution in [0.15, 0.2) is 24.5 Å². The van der Waals surface area contributed by atoms with E-state index in [4.69, 9.17) is 0 Å². The highest BCUT2D eigenvalue weighted by molar-refractivity contribution is 5.40. The van der Waals surface area contributed by atoms with Crippen molar-refractivity contribution in [1.82, 2.24) is 9.78 Å². The van der Waals surface area contributed by atoms with Gasteiger partial charge in [0.2, 0.25) is 0 Å². The molecule has 2 nitrogen and oxygen atoms in total. The SMILES string of the molecule is CC(=CC(C)C)n1cccn1. The molecule has 1 heterocycles. The van der Waals surface area contributed by atoms with Crippen LogP contribution in [-0.2, 0) is 0 Å². The Balaban J connectivity index is 2.77. The van der Waals surface area contributed by atoms with Crippen LogP contribution in [0.4, 0.5) is 0 Å². The molecule has 1 rings (SSSR count). The molecule has 0 aromatic carbocycles. The minimum Gasteiger partial charge on any atom is -0.246 e. The van der Waals surface area contributed by atoms with E-state index in [9.17, 15) is 0 Å². The van der Waals surface area contributed by atoms with Gasteiger partial charge < -0.3 is 0 Å². The Bertz CT molecular complexity index is 232. The topological polar surface area (TPSA) is 17.8 Å². The first kappa shape index (κ1) is 8.05. The summed E-state index contributed by atoms with van der Waals surface area (Å²) in [6.45, 7) is 6.38. The Morgan fingerprint density at radius 3 is 2.73 bits per heavy atom. The molecule has 0 saturated carbocycles. The predicted molar refractivity (Wildman–Crippen MR) is 47.0 cm³/mol. The number of nitrogens with zero attached hydrogens (tertiary/aromatic N) is 2. The molecule has 0 atom stereocenters. The van der Waals surface area contributed by atoms with Crippen LogP contribution in [0, 0.1) is 5.92 Å². The van der Waals surface area contributed by atoms with E-state index in [1.807, 2.05) is 16.9 Å². The smallest absolute Gasteiger partial charge is 0.0493 e. The number of rotatable bonds is 2. The number of hydrogen-bond donors (Lipinski definition) is 0. The van der Waals surface area contributed by atoms with Crippen molar-refractivity contribution < 1.29 is 0 Å². The zero-order chi connectivity index (χ0) is 8.27. The van der Waals surface area contributed by atoms with E-state index in [0.29, 0.717) is 5.92 Å². The lowest BCUT2D eigenvalue weighted by Crippen LogP contribution is -1.95. The summed E-state index contributed by atoms with van der Waals surface area (Å²) in [7, 11) is 0. The first-order valence-electron chi connectivity index (χ1n) is 3.88. The average molecular weight is 150 g/mol. The molecule has 0 amide bonds. The Morgan fingerprint density at radius 2 is 2.27 bits per heavy atom. The maximum atomic E-state index is 4.12. The number of allylic oxidation sites excluding steroid dienone is 2. The molecule has 60 valence electrons. The highest BCUT2D eigenvalue weighted by Crippen LogP contribution is 2.05. The largest absolute Gasteiger partial charge is 0.246 e. The molecule has 0 bridgehead atoms. The van der Waals surface area contributed by atoms with Gasteiger partial charge >= 0.3 is 0 Å². The lowest BCUT2D eigenvalue weighted by Gasteiger charge is -2.02. The third-order valence-electron chi connectivity index (χ3n) is 1.44. The lowest BCUT2D eigenvalue weighted by atomic mass is 10.2. The highest BCUT2D eigenvalue weighted by Gasteiger charge is 1.93. The Labute approximate surface area is 67.5 Å². The molecule has 0 aliphatic heterocycles. The van der Waals surface area contributed by atoms with Gasteiger partial charge in [0.15, 0.2) is 0 Å². The van der Waals surface area contributed by atoms with Crippen molar-refractivity contribution in [2.75, 3.05) is 0 Å². The van der Waals surface area contributed by atoms with Crippen LogP contribution in [0.2, 0.25) is 0 Å². The second-order valence-corrected chi connectivity index (χ2v) is 3.00. The minimum atomic E-state index is 0.583. The summed E-state index contributed by atoms with van der Waals surface area (Å²) in [5.41, 5.74) is 1.19. The normalized spacial score (nSPS) is 12.5. The summed E-state index contributed by atoms with van der Waals surface area (Å²) in [5, 5.41) is 4.12. The first-order chi connectivity index (χ1) is 5.20. The fourth-order valence-electron chi connectivity index (χ4n) is 1.04. The van der Waals surface area contributed by atoms with E-state index in [1.165, 1.54) is 5.70 Å². The first-order valence-corrected chi connectivity index (χ1v) is 3.88. The molecule has 0 saturated heterocycles. The van der Waals surface area contributed by atoms with Gasteiger partial charge in [-0.3, -0.25) is 0 Å². The fraction of sp³-hybridized carbons (Fsp3) is 0.444. The maximum absolute atomic E-state index is 4.12. The molecule has 1 aromatic heterocycles. The summed E-state index contributed by atoms with van der Waals surface area (Å²) < 4.78 is 1.88. The molecule has 0 aliphatic rings. The van der Waals surface area contributed by atoms with Crippen LogP contribution in [0.5, 0.6) is 0 Å². The van der Waals surface area contributed by atoms with Crippen LogP contribution in [0.1, 0.15) is 20.8 Å². The van der Waals surface area contributed by atoms with Gasteiger partial charge in [0.25, 0.3) is 0 Å². The molecule has 11 heavy (non-hydrogen) atoms. The number of aromatic nitrogens is 2.